The Hall–Kier alpha value is -2.82. The maximum Gasteiger partial charge on any atom is 0.272 e. The van der Waals surface area contributed by atoms with Crippen molar-refractivity contribution in [2.24, 2.45) is 5.41 Å². The number of ether oxygens (including phenoxy) is 1. The Bertz CT molecular complexity index is 862. The molecule has 30 heavy (non-hydrogen) atoms. The standard InChI is InChI=1S/C25H34N2O3/c1-8-9-22(25(4,5)6)27(24(29)20-15-17(2)14-18(3)16-20)26-23(28)19-10-12-21(30-7)13-11-19/h10-16,22H,8-9H2,1-7H3,(H,26,28). The lowest BCUT2D eigenvalue weighted by atomic mass is 9.83. The van der Waals surface area contributed by atoms with E-state index in [1.165, 1.54) is 5.01 Å². The lowest BCUT2D eigenvalue weighted by Gasteiger charge is -2.40. The number of hydrogen-bond acceptors (Lipinski definition) is 3. The number of aryl methyl sites for hydroxylation is 2. The fourth-order valence-electron chi connectivity index (χ4n) is 3.65. The molecule has 5 nitrogen and oxygen atoms in total. The topological polar surface area (TPSA) is 58.6 Å². The van der Waals surface area contributed by atoms with Crippen molar-refractivity contribution in [3.63, 3.8) is 0 Å². The number of nitrogens with zero attached hydrogens (tertiary/aromatic N) is 1. The van der Waals surface area contributed by atoms with Gasteiger partial charge in [0.2, 0.25) is 0 Å². The van der Waals surface area contributed by atoms with E-state index in [-0.39, 0.29) is 23.3 Å². The SMILES string of the molecule is CCCC(N(NC(=O)c1ccc(OC)cc1)C(=O)c1cc(C)cc(C)c1)C(C)(C)C. The van der Waals surface area contributed by atoms with Crippen LogP contribution in [0.15, 0.2) is 42.5 Å². The van der Waals surface area contributed by atoms with Crippen LogP contribution in [-0.4, -0.2) is 30.0 Å². The average Bonchev–Trinajstić information content (AvgIpc) is 2.68. The molecule has 0 aliphatic heterocycles. The van der Waals surface area contributed by atoms with Crippen LogP contribution in [0.25, 0.3) is 0 Å². The molecule has 2 aromatic carbocycles. The molecule has 2 rings (SSSR count). The van der Waals surface area contributed by atoms with Crippen molar-refractivity contribution in [3.05, 3.63) is 64.7 Å². The van der Waals surface area contributed by atoms with Gasteiger partial charge in [0.15, 0.2) is 0 Å². The van der Waals surface area contributed by atoms with E-state index in [1.807, 2.05) is 32.0 Å². The third-order valence-electron chi connectivity index (χ3n) is 5.14. The summed E-state index contributed by atoms with van der Waals surface area (Å²) in [5.41, 5.74) is 5.77. The number of amides is 2. The van der Waals surface area contributed by atoms with E-state index in [1.54, 1.807) is 31.4 Å². The van der Waals surface area contributed by atoms with E-state index < -0.39 is 0 Å². The van der Waals surface area contributed by atoms with Gasteiger partial charge in [-0.15, -0.1) is 0 Å². The molecular formula is C25H34N2O3. The van der Waals surface area contributed by atoms with Crippen molar-refractivity contribution < 1.29 is 14.3 Å². The number of carbonyl (C=O) groups is 2. The van der Waals surface area contributed by atoms with Gasteiger partial charge in [0, 0.05) is 11.1 Å². The van der Waals surface area contributed by atoms with E-state index >= 15 is 0 Å². The Morgan fingerprint density at radius 3 is 2.03 bits per heavy atom. The minimum atomic E-state index is -0.319. The van der Waals surface area contributed by atoms with Crippen LogP contribution in [0.3, 0.4) is 0 Å². The van der Waals surface area contributed by atoms with Crippen LogP contribution >= 0.6 is 0 Å². The fourth-order valence-corrected chi connectivity index (χ4v) is 3.65. The van der Waals surface area contributed by atoms with Crippen molar-refractivity contribution in [2.45, 2.75) is 60.4 Å². The van der Waals surface area contributed by atoms with Crippen LogP contribution in [0.4, 0.5) is 0 Å². The summed E-state index contributed by atoms with van der Waals surface area (Å²) in [7, 11) is 1.58. The minimum Gasteiger partial charge on any atom is -0.497 e. The van der Waals surface area contributed by atoms with Gasteiger partial charge < -0.3 is 4.74 Å². The zero-order valence-corrected chi connectivity index (χ0v) is 19.2. The molecule has 2 amide bonds. The second-order valence-corrected chi connectivity index (χ2v) is 8.89. The molecule has 162 valence electrons. The Morgan fingerprint density at radius 2 is 1.57 bits per heavy atom. The number of carbonyl (C=O) groups excluding carboxylic acids is 2. The first-order valence-electron chi connectivity index (χ1n) is 10.4. The molecule has 0 saturated heterocycles. The third-order valence-corrected chi connectivity index (χ3v) is 5.14. The van der Waals surface area contributed by atoms with Crippen LogP contribution in [-0.2, 0) is 0 Å². The highest BCUT2D eigenvalue weighted by molar-refractivity contribution is 5.99. The molecule has 0 radical (unpaired) electrons. The quantitative estimate of drug-likeness (QED) is 0.656. The molecular weight excluding hydrogens is 376 g/mol. The summed E-state index contributed by atoms with van der Waals surface area (Å²) in [6, 6.07) is 12.5. The monoisotopic (exact) mass is 410 g/mol. The van der Waals surface area contributed by atoms with Gasteiger partial charge >= 0.3 is 0 Å². The smallest absolute Gasteiger partial charge is 0.272 e. The summed E-state index contributed by atoms with van der Waals surface area (Å²) in [6.07, 6.45) is 1.68. The van der Waals surface area contributed by atoms with Gasteiger partial charge in [-0.2, -0.15) is 0 Å². The lowest BCUT2D eigenvalue weighted by Crippen LogP contribution is -2.56. The molecule has 1 atom stereocenters. The Kier molecular flexibility index (Phi) is 7.65. The lowest BCUT2D eigenvalue weighted by molar-refractivity contribution is 0.0271. The van der Waals surface area contributed by atoms with E-state index in [0.29, 0.717) is 16.9 Å². The number of rotatable bonds is 6. The first kappa shape index (κ1) is 23.5. The molecule has 2 aromatic rings. The van der Waals surface area contributed by atoms with Crippen molar-refractivity contribution in [1.82, 2.24) is 10.4 Å². The first-order valence-corrected chi connectivity index (χ1v) is 10.4. The van der Waals surface area contributed by atoms with Crippen LogP contribution in [0.5, 0.6) is 5.75 Å². The molecule has 0 bridgehead atoms. The van der Waals surface area contributed by atoms with Gasteiger partial charge in [0.1, 0.15) is 5.75 Å². The number of benzene rings is 2. The molecule has 0 fully saturated rings. The second kappa shape index (κ2) is 9.79. The fraction of sp³-hybridized carbons (Fsp3) is 0.440. The summed E-state index contributed by atoms with van der Waals surface area (Å²) in [6.45, 7) is 12.3. The maximum atomic E-state index is 13.6. The van der Waals surface area contributed by atoms with Crippen molar-refractivity contribution in [2.75, 3.05) is 7.11 Å². The predicted molar refractivity (Wildman–Crippen MR) is 121 cm³/mol. The summed E-state index contributed by atoms with van der Waals surface area (Å²) >= 11 is 0. The maximum absolute atomic E-state index is 13.6. The Labute approximate surface area is 180 Å². The van der Waals surface area contributed by atoms with Gasteiger partial charge in [-0.3, -0.25) is 15.0 Å². The summed E-state index contributed by atoms with van der Waals surface area (Å²) in [5, 5.41) is 1.53. The van der Waals surface area contributed by atoms with Crippen molar-refractivity contribution >= 4 is 11.8 Å². The number of hydrogen-bond donors (Lipinski definition) is 1. The first-order chi connectivity index (χ1) is 14.1. The van der Waals surface area contributed by atoms with Crippen molar-refractivity contribution in [1.29, 1.82) is 0 Å². The normalized spacial score (nSPS) is 12.2. The van der Waals surface area contributed by atoms with Gasteiger partial charge in [0.05, 0.1) is 13.2 Å². The van der Waals surface area contributed by atoms with Crippen molar-refractivity contribution in [3.8, 4) is 5.75 Å². The summed E-state index contributed by atoms with van der Waals surface area (Å²) < 4.78 is 5.17. The molecule has 0 aliphatic rings. The molecule has 0 aliphatic carbocycles. The van der Waals surface area contributed by atoms with E-state index in [0.717, 1.165) is 24.0 Å². The molecule has 1 unspecified atom stereocenters. The van der Waals surface area contributed by atoms with Gasteiger partial charge in [-0.05, 0) is 62.1 Å². The average molecular weight is 411 g/mol. The van der Waals surface area contributed by atoms with Crippen LogP contribution < -0.4 is 10.2 Å². The van der Waals surface area contributed by atoms with Gasteiger partial charge in [-0.25, -0.2) is 5.01 Å². The molecule has 5 heteroatoms. The molecule has 0 spiro atoms. The number of nitrogens with one attached hydrogen (secondary N) is 1. The Morgan fingerprint density at radius 1 is 1.00 bits per heavy atom. The van der Waals surface area contributed by atoms with E-state index in [4.69, 9.17) is 4.74 Å². The minimum absolute atomic E-state index is 0.155. The third kappa shape index (κ3) is 5.85. The summed E-state index contributed by atoms with van der Waals surface area (Å²) in [4.78, 5) is 26.6. The van der Waals surface area contributed by atoms with E-state index in [2.05, 4.69) is 33.1 Å². The largest absolute Gasteiger partial charge is 0.497 e. The highest BCUT2D eigenvalue weighted by Gasteiger charge is 2.35. The highest BCUT2D eigenvalue weighted by Crippen LogP contribution is 2.29. The van der Waals surface area contributed by atoms with Gasteiger partial charge in [-0.1, -0.05) is 51.3 Å². The van der Waals surface area contributed by atoms with E-state index in [9.17, 15) is 9.59 Å². The highest BCUT2D eigenvalue weighted by atomic mass is 16.5. The summed E-state index contributed by atoms with van der Waals surface area (Å²) in [5.74, 6) is 0.158. The molecule has 0 aromatic heterocycles. The zero-order valence-electron chi connectivity index (χ0n) is 19.2. The number of methoxy groups -OCH3 is 1. The van der Waals surface area contributed by atoms with Crippen LogP contribution in [0.1, 0.15) is 72.4 Å². The second-order valence-electron chi connectivity index (χ2n) is 8.89. The molecule has 0 heterocycles. The Balaban J connectivity index is 2.43. The number of hydrazine groups is 1. The predicted octanol–water partition coefficient (Wildman–Crippen LogP) is 5.31. The molecule has 1 N–H and O–H groups in total. The molecule has 0 saturated carbocycles. The van der Waals surface area contributed by atoms with Crippen LogP contribution in [0.2, 0.25) is 0 Å². The van der Waals surface area contributed by atoms with Crippen LogP contribution in [0, 0.1) is 19.3 Å². The zero-order chi connectivity index (χ0) is 22.5. The van der Waals surface area contributed by atoms with Gasteiger partial charge in [0.25, 0.3) is 11.8 Å².